The molecule has 3 heteroatoms. The maximum atomic E-state index is 10.5. The number of aliphatic hydroxyl groups is 1. The van der Waals surface area contributed by atoms with Crippen LogP contribution in [0.1, 0.15) is 46.1 Å². The zero-order chi connectivity index (χ0) is 15.5. The molecule has 1 heterocycles. The molecule has 118 valence electrons. The summed E-state index contributed by atoms with van der Waals surface area (Å²) in [5.41, 5.74) is 0.758. The third kappa shape index (κ3) is 4.06. The van der Waals surface area contributed by atoms with Gasteiger partial charge in [0.2, 0.25) is 0 Å². The molecule has 1 saturated heterocycles. The SMILES string of the molecule is CC(CC(C)(C)c1ccccc1)NCC1(O)CCOC1C. The Labute approximate surface area is 128 Å². The van der Waals surface area contributed by atoms with Crippen molar-refractivity contribution in [2.24, 2.45) is 0 Å². The summed E-state index contributed by atoms with van der Waals surface area (Å²) >= 11 is 0. The first-order valence-corrected chi connectivity index (χ1v) is 7.96. The van der Waals surface area contributed by atoms with Gasteiger partial charge in [0.05, 0.1) is 6.10 Å². The van der Waals surface area contributed by atoms with Crippen LogP contribution in [0.4, 0.5) is 0 Å². The van der Waals surface area contributed by atoms with E-state index < -0.39 is 5.60 Å². The lowest BCUT2D eigenvalue weighted by molar-refractivity contribution is -0.0277. The summed E-state index contributed by atoms with van der Waals surface area (Å²) in [6.45, 7) is 9.94. The van der Waals surface area contributed by atoms with E-state index in [2.05, 4.69) is 56.4 Å². The predicted molar refractivity (Wildman–Crippen MR) is 86.5 cm³/mol. The Morgan fingerprint density at radius 3 is 2.62 bits per heavy atom. The molecular weight excluding hydrogens is 262 g/mol. The highest BCUT2D eigenvalue weighted by Crippen LogP contribution is 2.29. The molecule has 0 spiro atoms. The van der Waals surface area contributed by atoms with Gasteiger partial charge in [-0.25, -0.2) is 0 Å². The quantitative estimate of drug-likeness (QED) is 0.847. The number of rotatable bonds is 6. The summed E-state index contributed by atoms with van der Waals surface area (Å²) in [7, 11) is 0. The Morgan fingerprint density at radius 2 is 2.05 bits per heavy atom. The second-order valence-corrected chi connectivity index (χ2v) is 7.10. The molecule has 0 radical (unpaired) electrons. The van der Waals surface area contributed by atoms with E-state index in [0.29, 0.717) is 19.2 Å². The van der Waals surface area contributed by atoms with Crippen molar-refractivity contribution in [3.8, 4) is 0 Å². The smallest absolute Gasteiger partial charge is 0.105 e. The lowest BCUT2D eigenvalue weighted by Crippen LogP contribution is -2.48. The third-order valence-corrected chi connectivity index (χ3v) is 4.79. The number of nitrogens with one attached hydrogen (secondary N) is 1. The van der Waals surface area contributed by atoms with Gasteiger partial charge >= 0.3 is 0 Å². The second-order valence-electron chi connectivity index (χ2n) is 7.10. The number of ether oxygens (including phenoxy) is 1. The molecule has 1 aliphatic heterocycles. The van der Waals surface area contributed by atoms with Gasteiger partial charge in [0.25, 0.3) is 0 Å². The molecule has 3 nitrogen and oxygen atoms in total. The lowest BCUT2D eigenvalue weighted by Gasteiger charge is -2.32. The molecule has 1 aromatic rings. The monoisotopic (exact) mass is 291 g/mol. The Bertz CT molecular complexity index is 446. The first-order chi connectivity index (χ1) is 9.83. The van der Waals surface area contributed by atoms with Crippen LogP contribution in [0.2, 0.25) is 0 Å². The van der Waals surface area contributed by atoms with Crippen molar-refractivity contribution in [2.75, 3.05) is 13.2 Å². The number of hydrogen-bond acceptors (Lipinski definition) is 3. The van der Waals surface area contributed by atoms with E-state index >= 15 is 0 Å². The summed E-state index contributed by atoms with van der Waals surface area (Å²) in [5, 5.41) is 14.0. The zero-order valence-corrected chi connectivity index (χ0v) is 13.7. The lowest BCUT2D eigenvalue weighted by atomic mass is 9.79. The largest absolute Gasteiger partial charge is 0.386 e. The van der Waals surface area contributed by atoms with E-state index in [9.17, 15) is 5.11 Å². The first kappa shape index (κ1) is 16.5. The van der Waals surface area contributed by atoms with E-state index in [1.165, 1.54) is 5.56 Å². The summed E-state index contributed by atoms with van der Waals surface area (Å²) in [4.78, 5) is 0. The molecule has 21 heavy (non-hydrogen) atoms. The molecule has 2 N–H and O–H groups in total. The van der Waals surface area contributed by atoms with Crippen molar-refractivity contribution < 1.29 is 9.84 Å². The van der Waals surface area contributed by atoms with Gasteiger partial charge < -0.3 is 15.2 Å². The fraction of sp³-hybridized carbons (Fsp3) is 0.667. The molecule has 3 atom stereocenters. The van der Waals surface area contributed by atoms with Gasteiger partial charge in [0.1, 0.15) is 5.60 Å². The Hall–Kier alpha value is -0.900. The minimum absolute atomic E-state index is 0.0840. The maximum Gasteiger partial charge on any atom is 0.105 e. The van der Waals surface area contributed by atoms with Crippen molar-refractivity contribution in [3.63, 3.8) is 0 Å². The Balaban J connectivity index is 1.88. The van der Waals surface area contributed by atoms with Gasteiger partial charge in [-0.2, -0.15) is 0 Å². The Kier molecular flexibility index (Phi) is 5.07. The van der Waals surface area contributed by atoms with Crippen LogP contribution in [0.25, 0.3) is 0 Å². The molecular formula is C18H29NO2. The van der Waals surface area contributed by atoms with E-state index in [0.717, 1.165) is 12.8 Å². The number of benzene rings is 1. The van der Waals surface area contributed by atoms with Crippen LogP contribution >= 0.6 is 0 Å². The molecule has 0 bridgehead atoms. The maximum absolute atomic E-state index is 10.5. The highest BCUT2D eigenvalue weighted by Gasteiger charge is 2.39. The highest BCUT2D eigenvalue weighted by atomic mass is 16.5. The molecule has 0 aliphatic carbocycles. The van der Waals surface area contributed by atoms with Crippen molar-refractivity contribution >= 4 is 0 Å². The van der Waals surface area contributed by atoms with Crippen molar-refractivity contribution in [1.82, 2.24) is 5.32 Å². The first-order valence-electron chi connectivity index (χ1n) is 7.96. The predicted octanol–water partition coefficient (Wildman–Crippen LogP) is 2.87. The van der Waals surface area contributed by atoms with Gasteiger partial charge in [-0.1, -0.05) is 44.2 Å². The van der Waals surface area contributed by atoms with Gasteiger partial charge in [-0.05, 0) is 31.2 Å². The minimum Gasteiger partial charge on any atom is -0.386 e. The van der Waals surface area contributed by atoms with Crippen molar-refractivity contribution in [1.29, 1.82) is 0 Å². The zero-order valence-electron chi connectivity index (χ0n) is 13.7. The summed E-state index contributed by atoms with van der Waals surface area (Å²) in [5.74, 6) is 0. The molecule has 0 aromatic heterocycles. The van der Waals surface area contributed by atoms with Gasteiger partial charge in [-0.3, -0.25) is 0 Å². The molecule has 1 aromatic carbocycles. The molecule has 0 amide bonds. The normalized spacial score (nSPS) is 27.8. The van der Waals surface area contributed by atoms with Gasteiger partial charge in [0, 0.05) is 25.6 Å². The van der Waals surface area contributed by atoms with E-state index in [1.54, 1.807) is 0 Å². The van der Waals surface area contributed by atoms with E-state index in [1.807, 2.05) is 6.92 Å². The van der Waals surface area contributed by atoms with Crippen LogP contribution in [-0.2, 0) is 10.2 Å². The summed E-state index contributed by atoms with van der Waals surface area (Å²) in [6.07, 6.45) is 1.66. The standard InChI is InChI=1S/C18H29NO2/c1-14(19-13-18(20)10-11-21-15(18)2)12-17(3,4)16-8-6-5-7-9-16/h5-9,14-15,19-20H,10-13H2,1-4H3. The van der Waals surface area contributed by atoms with Crippen molar-refractivity contribution in [3.05, 3.63) is 35.9 Å². The topological polar surface area (TPSA) is 41.5 Å². The summed E-state index contributed by atoms with van der Waals surface area (Å²) in [6, 6.07) is 11.0. The molecule has 3 unspecified atom stereocenters. The summed E-state index contributed by atoms with van der Waals surface area (Å²) < 4.78 is 5.48. The van der Waals surface area contributed by atoms with Crippen LogP contribution in [-0.4, -0.2) is 36.0 Å². The number of hydrogen-bond donors (Lipinski definition) is 2. The van der Waals surface area contributed by atoms with Crippen LogP contribution in [0, 0.1) is 0 Å². The van der Waals surface area contributed by atoms with Gasteiger partial charge in [-0.15, -0.1) is 0 Å². The molecule has 2 rings (SSSR count). The van der Waals surface area contributed by atoms with Crippen LogP contribution < -0.4 is 5.32 Å². The minimum atomic E-state index is -0.717. The van der Waals surface area contributed by atoms with E-state index in [-0.39, 0.29) is 11.5 Å². The van der Waals surface area contributed by atoms with Crippen LogP contribution in [0.5, 0.6) is 0 Å². The third-order valence-electron chi connectivity index (χ3n) is 4.79. The molecule has 1 aliphatic rings. The second kappa shape index (κ2) is 6.47. The van der Waals surface area contributed by atoms with E-state index in [4.69, 9.17) is 4.74 Å². The fourth-order valence-electron chi connectivity index (χ4n) is 3.20. The average Bonchev–Trinajstić information content (AvgIpc) is 2.78. The molecule has 1 fully saturated rings. The van der Waals surface area contributed by atoms with Crippen LogP contribution in [0.3, 0.4) is 0 Å². The highest BCUT2D eigenvalue weighted by molar-refractivity contribution is 5.23. The Morgan fingerprint density at radius 1 is 1.38 bits per heavy atom. The van der Waals surface area contributed by atoms with Gasteiger partial charge in [0.15, 0.2) is 0 Å². The molecule has 0 saturated carbocycles. The van der Waals surface area contributed by atoms with Crippen molar-refractivity contribution in [2.45, 2.75) is 63.7 Å². The average molecular weight is 291 g/mol. The fourth-order valence-corrected chi connectivity index (χ4v) is 3.20. The van der Waals surface area contributed by atoms with Crippen LogP contribution in [0.15, 0.2) is 30.3 Å².